The average Bonchev–Trinajstić information content (AvgIpc) is 2.96. The van der Waals surface area contributed by atoms with Crippen LogP contribution in [-0.2, 0) is 26.3 Å². The Hall–Kier alpha value is -3.42. The number of nitrogens with one attached hydrogen (secondary N) is 2. The van der Waals surface area contributed by atoms with E-state index < -0.39 is 0 Å². The Morgan fingerprint density at radius 1 is 1.07 bits per heavy atom. The van der Waals surface area contributed by atoms with E-state index in [0.717, 1.165) is 69.1 Å². The summed E-state index contributed by atoms with van der Waals surface area (Å²) in [6.45, 7) is 31.3. The Kier molecular flexibility index (Phi) is 15.0. The quantitative estimate of drug-likeness (QED) is 0.0824. The summed E-state index contributed by atoms with van der Waals surface area (Å²) in [4.78, 5) is 18.7. The number of ether oxygens (including phenoxy) is 1. The highest BCUT2D eigenvalue weighted by Gasteiger charge is 2.17. The summed E-state index contributed by atoms with van der Waals surface area (Å²) in [5, 5.41) is 10.3. The first-order valence-electron chi connectivity index (χ1n) is 16.2. The van der Waals surface area contributed by atoms with Crippen LogP contribution in [0.15, 0.2) is 65.7 Å². The van der Waals surface area contributed by atoms with E-state index >= 15 is 0 Å². The lowest BCUT2D eigenvalue weighted by Gasteiger charge is -2.27. The number of hydrogen-bond acceptors (Lipinski definition) is 6. The molecule has 7 heteroatoms. The van der Waals surface area contributed by atoms with Gasteiger partial charge in [0.15, 0.2) is 5.76 Å². The largest absolute Gasteiger partial charge is 0.382 e. The van der Waals surface area contributed by atoms with Gasteiger partial charge >= 0.3 is 0 Å². The van der Waals surface area contributed by atoms with Crippen molar-refractivity contribution in [1.29, 1.82) is 0 Å². The van der Waals surface area contributed by atoms with Crippen LogP contribution in [0.4, 0.5) is 5.69 Å². The number of morpholine rings is 1. The van der Waals surface area contributed by atoms with Crippen LogP contribution in [-0.4, -0.2) is 49.9 Å². The summed E-state index contributed by atoms with van der Waals surface area (Å²) in [5.41, 5.74) is 8.88. The molecule has 1 amide bonds. The molecule has 0 atom stereocenters. The molecule has 0 radical (unpaired) electrons. The van der Waals surface area contributed by atoms with Crippen molar-refractivity contribution >= 4 is 17.8 Å². The second-order valence-electron chi connectivity index (χ2n) is 14.1. The first kappa shape index (κ1) is 37.8. The lowest BCUT2D eigenvalue weighted by Crippen LogP contribution is -2.35. The van der Waals surface area contributed by atoms with Gasteiger partial charge in [-0.25, -0.2) is 0 Å². The van der Waals surface area contributed by atoms with Crippen molar-refractivity contribution in [2.24, 2.45) is 10.6 Å². The molecule has 0 unspecified atom stereocenters. The van der Waals surface area contributed by atoms with Gasteiger partial charge in [0, 0.05) is 37.4 Å². The van der Waals surface area contributed by atoms with E-state index in [9.17, 15) is 4.79 Å². The number of aryl methyl sites for hydroxylation is 2. The number of unbranched alkanes of at least 4 members (excludes halogenated alkanes) is 1. The van der Waals surface area contributed by atoms with Crippen LogP contribution in [0.2, 0.25) is 0 Å². The Labute approximate surface area is 273 Å². The Balaban J connectivity index is 0.000000338. The van der Waals surface area contributed by atoms with Gasteiger partial charge in [0.2, 0.25) is 6.41 Å². The van der Waals surface area contributed by atoms with Crippen molar-refractivity contribution in [3.8, 4) is 0 Å². The Bertz CT molecular complexity index is 1310. The van der Waals surface area contributed by atoms with Gasteiger partial charge in [-0.1, -0.05) is 103 Å². The van der Waals surface area contributed by atoms with Crippen LogP contribution in [0, 0.1) is 19.3 Å². The standard InChI is InChI=1S/C22H33N3O2.C16H25NO/c1-8-9-10-21(23-14-22(5,6)7)18(4)27-25-17(3)20-13-19(24-15-26)12-11-16(20)2;1-13-9-14(11-15(10-13)16(2,3)4)12-17-5-7-18-8-6-17/h10-13,15,23H,4,8-9,14H2,1-3,5-7H3,(H,24,26);9-11H,5-8,12H2,1-4H3/b21-10?,25-17+;. The van der Waals surface area contributed by atoms with Crippen LogP contribution in [0.1, 0.15) is 96.0 Å². The second kappa shape index (κ2) is 17.9. The highest BCUT2D eigenvalue weighted by molar-refractivity contribution is 6.00. The molecule has 1 heterocycles. The first-order valence-corrected chi connectivity index (χ1v) is 16.2. The summed E-state index contributed by atoms with van der Waals surface area (Å²) in [6.07, 6.45) is 4.74. The minimum atomic E-state index is 0.147. The monoisotopic (exact) mass is 618 g/mol. The number of nitrogens with zero attached hydrogens (tertiary/aromatic N) is 2. The van der Waals surface area contributed by atoms with Gasteiger partial charge in [0.25, 0.3) is 0 Å². The van der Waals surface area contributed by atoms with E-state index in [1.54, 1.807) is 0 Å². The molecule has 3 rings (SSSR count). The normalized spacial score (nSPS) is 14.7. The van der Waals surface area contributed by atoms with E-state index in [1.165, 1.54) is 16.7 Å². The summed E-state index contributed by atoms with van der Waals surface area (Å²) < 4.78 is 5.40. The van der Waals surface area contributed by atoms with Crippen molar-refractivity contribution in [3.05, 3.63) is 88.3 Å². The molecule has 0 aromatic heterocycles. The van der Waals surface area contributed by atoms with Gasteiger partial charge in [0.05, 0.1) is 24.6 Å². The molecule has 0 bridgehead atoms. The molecule has 7 nitrogen and oxygen atoms in total. The number of hydrogen-bond donors (Lipinski definition) is 2. The Morgan fingerprint density at radius 2 is 1.76 bits per heavy atom. The van der Waals surface area contributed by atoms with Gasteiger partial charge in [-0.2, -0.15) is 0 Å². The van der Waals surface area contributed by atoms with Crippen molar-refractivity contribution in [2.45, 2.75) is 94.0 Å². The number of anilines is 1. The SMILES string of the molecule is C=C(O/N=C(\C)c1cc(NC=O)ccc1C)C(=CCCC)NCC(C)(C)C.Cc1cc(CN2CCOCC2)cc(C(C)(C)C)c1. The lowest BCUT2D eigenvalue weighted by atomic mass is 9.85. The number of rotatable bonds is 12. The molecular weight excluding hydrogens is 560 g/mol. The molecule has 0 spiro atoms. The summed E-state index contributed by atoms with van der Waals surface area (Å²) in [7, 11) is 0. The third-order valence-corrected chi connectivity index (χ3v) is 7.41. The molecule has 2 aromatic carbocycles. The van der Waals surface area contributed by atoms with E-state index in [4.69, 9.17) is 9.57 Å². The van der Waals surface area contributed by atoms with Crippen LogP contribution in [0.3, 0.4) is 0 Å². The van der Waals surface area contributed by atoms with Gasteiger partial charge < -0.3 is 20.2 Å². The van der Waals surface area contributed by atoms with E-state index in [-0.39, 0.29) is 10.8 Å². The molecule has 0 aliphatic carbocycles. The molecular formula is C38H58N4O3. The molecule has 1 aliphatic heterocycles. The molecule has 248 valence electrons. The maximum Gasteiger partial charge on any atom is 0.211 e. The van der Waals surface area contributed by atoms with Gasteiger partial charge in [-0.05, 0) is 66.8 Å². The van der Waals surface area contributed by atoms with Crippen LogP contribution in [0.5, 0.6) is 0 Å². The molecule has 2 N–H and O–H groups in total. The van der Waals surface area contributed by atoms with Gasteiger partial charge in [-0.15, -0.1) is 0 Å². The predicted molar refractivity (Wildman–Crippen MR) is 190 cm³/mol. The summed E-state index contributed by atoms with van der Waals surface area (Å²) in [5.74, 6) is 0.492. The zero-order valence-electron chi connectivity index (χ0n) is 29.6. The van der Waals surface area contributed by atoms with Crippen LogP contribution in [0.25, 0.3) is 0 Å². The van der Waals surface area contributed by atoms with Crippen molar-refractivity contribution in [1.82, 2.24) is 10.2 Å². The molecule has 2 aromatic rings. The van der Waals surface area contributed by atoms with Gasteiger partial charge in [-0.3, -0.25) is 9.69 Å². The average molecular weight is 619 g/mol. The number of oxime groups is 1. The fourth-order valence-electron chi connectivity index (χ4n) is 4.73. The molecule has 1 fully saturated rings. The fourth-order valence-corrected chi connectivity index (χ4v) is 4.73. The van der Waals surface area contributed by atoms with Crippen LogP contribution >= 0.6 is 0 Å². The maximum absolute atomic E-state index is 10.7. The summed E-state index contributed by atoms with van der Waals surface area (Å²) >= 11 is 0. The first-order chi connectivity index (χ1) is 21.1. The number of carbonyl (C=O) groups is 1. The fraction of sp³-hybridized carbons (Fsp3) is 0.526. The smallest absolute Gasteiger partial charge is 0.211 e. The second-order valence-corrected chi connectivity index (χ2v) is 14.1. The topological polar surface area (TPSA) is 75.2 Å². The lowest BCUT2D eigenvalue weighted by molar-refractivity contribution is -0.105. The number of carbonyl (C=O) groups excluding carboxylic acids is 1. The van der Waals surface area contributed by atoms with E-state index in [0.29, 0.717) is 23.6 Å². The van der Waals surface area contributed by atoms with Crippen molar-refractivity contribution < 1.29 is 14.4 Å². The molecule has 1 aliphatic rings. The third kappa shape index (κ3) is 14.0. The zero-order chi connectivity index (χ0) is 33.6. The molecule has 1 saturated heterocycles. The maximum atomic E-state index is 10.7. The number of amides is 1. The highest BCUT2D eigenvalue weighted by atomic mass is 16.6. The van der Waals surface area contributed by atoms with Crippen molar-refractivity contribution in [2.75, 3.05) is 38.2 Å². The zero-order valence-corrected chi connectivity index (χ0v) is 29.6. The third-order valence-electron chi connectivity index (χ3n) is 7.41. The molecule has 45 heavy (non-hydrogen) atoms. The number of allylic oxidation sites excluding steroid dienone is 1. The molecule has 0 saturated carbocycles. The minimum absolute atomic E-state index is 0.147. The predicted octanol–water partition coefficient (Wildman–Crippen LogP) is 8.26. The highest BCUT2D eigenvalue weighted by Crippen LogP contribution is 2.25. The van der Waals surface area contributed by atoms with Crippen LogP contribution < -0.4 is 10.6 Å². The van der Waals surface area contributed by atoms with E-state index in [1.807, 2.05) is 32.0 Å². The van der Waals surface area contributed by atoms with E-state index in [2.05, 4.69) is 107 Å². The minimum Gasteiger partial charge on any atom is -0.382 e. The van der Waals surface area contributed by atoms with Crippen molar-refractivity contribution in [3.63, 3.8) is 0 Å². The van der Waals surface area contributed by atoms with Gasteiger partial charge in [0.1, 0.15) is 0 Å². The summed E-state index contributed by atoms with van der Waals surface area (Å²) in [6, 6.07) is 12.6. The Morgan fingerprint density at radius 3 is 2.36 bits per heavy atom. The number of benzene rings is 2.